The zero-order valence-corrected chi connectivity index (χ0v) is 10.5. The fourth-order valence-electron chi connectivity index (χ4n) is 1.72. The third kappa shape index (κ3) is 2.96. The first-order chi connectivity index (χ1) is 8.69. The maximum absolute atomic E-state index is 8.62. The van der Waals surface area contributed by atoms with Gasteiger partial charge in [0.15, 0.2) is 0 Å². The molecule has 4 heteroatoms. The van der Waals surface area contributed by atoms with Crippen molar-refractivity contribution in [3.05, 3.63) is 47.0 Å². The van der Waals surface area contributed by atoms with Gasteiger partial charge < -0.3 is 5.11 Å². The van der Waals surface area contributed by atoms with E-state index in [-0.39, 0.29) is 6.61 Å². The SMILES string of the molecule is Cc1nc(C)n(Cc2ccc(C#CCO)cc2)n1. The van der Waals surface area contributed by atoms with Crippen LogP contribution in [0.4, 0.5) is 0 Å². The van der Waals surface area contributed by atoms with Gasteiger partial charge >= 0.3 is 0 Å². The fourth-order valence-corrected chi connectivity index (χ4v) is 1.72. The molecule has 18 heavy (non-hydrogen) atoms. The van der Waals surface area contributed by atoms with Crippen molar-refractivity contribution in [2.24, 2.45) is 0 Å². The Hall–Kier alpha value is -2.12. The molecular formula is C14H15N3O. The number of aliphatic hydroxyl groups excluding tert-OH is 1. The summed E-state index contributed by atoms with van der Waals surface area (Å²) in [6.45, 7) is 4.43. The summed E-state index contributed by atoms with van der Waals surface area (Å²) in [5.74, 6) is 7.19. The summed E-state index contributed by atoms with van der Waals surface area (Å²) in [6, 6.07) is 7.91. The predicted molar refractivity (Wildman–Crippen MR) is 69.0 cm³/mol. The van der Waals surface area contributed by atoms with E-state index in [2.05, 4.69) is 21.9 Å². The van der Waals surface area contributed by atoms with Crippen LogP contribution < -0.4 is 0 Å². The number of benzene rings is 1. The number of hydrogen-bond donors (Lipinski definition) is 1. The van der Waals surface area contributed by atoms with Crippen LogP contribution in [-0.2, 0) is 6.54 Å². The van der Waals surface area contributed by atoms with Crippen LogP contribution in [0.1, 0.15) is 22.8 Å². The van der Waals surface area contributed by atoms with Gasteiger partial charge in [-0.2, -0.15) is 5.10 Å². The van der Waals surface area contributed by atoms with Crippen molar-refractivity contribution in [3.63, 3.8) is 0 Å². The molecule has 0 spiro atoms. The highest BCUT2D eigenvalue weighted by atomic mass is 16.2. The van der Waals surface area contributed by atoms with Gasteiger partial charge in [-0.05, 0) is 31.5 Å². The van der Waals surface area contributed by atoms with E-state index in [1.165, 1.54) is 0 Å². The van der Waals surface area contributed by atoms with E-state index in [0.717, 1.165) is 22.8 Å². The Morgan fingerprint density at radius 1 is 1.22 bits per heavy atom. The first kappa shape index (κ1) is 12.3. The van der Waals surface area contributed by atoms with Crippen LogP contribution in [0.25, 0.3) is 0 Å². The van der Waals surface area contributed by atoms with E-state index >= 15 is 0 Å². The number of hydrogen-bond acceptors (Lipinski definition) is 3. The van der Waals surface area contributed by atoms with Gasteiger partial charge in [-0.1, -0.05) is 24.0 Å². The van der Waals surface area contributed by atoms with E-state index in [1.807, 2.05) is 42.8 Å². The summed E-state index contributed by atoms with van der Waals surface area (Å²) in [5, 5.41) is 12.9. The normalized spacial score (nSPS) is 9.94. The second kappa shape index (κ2) is 5.48. The third-order valence-electron chi connectivity index (χ3n) is 2.56. The van der Waals surface area contributed by atoms with E-state index < -0.39 is 0 Å². The summed E-state index contributed by atoms with van der Waals surface area (Å²) in [7, 11) is 0. The van der Waals surface area contributed by atoms with Crippen LogP contribution in [0, 0.1) is 25.7 Å². The molecule has 0 atom stereocenters. The summed E-state index contributed by atoms with van der Waals surface area (Å²) >= 11 is 0. The number of aromatic nitrogens is 3. The maximum Gasteiger partial charge on any atom is 0.147 e. The van der Waals surface area contributed by atoms with Gasteiger partial charge in [-0.25, -0.2) is 9.67 Å². The number of nitrogens with zero attached hydrogens (tertiary/aromatic N) is 3. The molecule has 0 radical (unpaired) electrons. The second-order valence-electron chi connectivity index (χ2n) is 4.02. The lowest BCUT2D eigenvalue weighted by molar-refractivity contribution is 0.350. The summed E-state index contributed by atoms with van der Waals surface area (Å²) in [5.41, 5.74) is 2.05. The molecule has 0 saturated carbocycles. The van der Waals surface area contributed by atoms with E-state index in [1.54, 1.807) is 0 Å². The van der Waals surface area contributed by atoms with Gasteiger partial charge in [-0.15, -0.1) is 0 Å². The van der Waals surface area contributed by atoms with Crippen molar-refractivity contribution in [2.45, 2.75) is 20.4 Å². The standard InChI is InChI=1S/C14H15N3O/c1-11-15-12(2)17(16-11)10-14-7-5-13(6-8-14)4-3-9-18/h5-8,18H,9-10H2,1-2H3. The molecular weight excluding hydrogens is 226 g/mol. The van der Waals surface area contributed by atoms with Crippen molar-refractivity contribution >= 4 is 0 Å². The summed E-state index contributed by atoms with van der Waals surface area (Å²) in [4.78, 5) is 4.27. The summed E-state index contributed by atoms with van der Waals surface area (Å²) in [6.07, 6.45) is 0. The summed E-state index contributed by atoms with van der Waals surface area (Å²) < 4.78 is 1.88. The quantitative estimate of drug-likeness (QED) is 0.806. The Balaban J connectivity index is 2.13. The van der Waals surface area contributed by atoms with Crippen LogP contribution >= 0.6 is 0 Å². The minimum atomic E-state index is -0.112. The topological polar surface area (TPSA) is 50.9 Å². The molecule has 0 aliphatic rings. The Bertz CT molecular complexity index is 588. The third-order valence-corrected chi connectivity index (χ3v) is 2.56. The van der Waals surface area contributed by atoms with Crippen molar-refractivity contribution in [1.82, 2.24) is 14.8 Å². The molecule has 2 aromatic rings. The maximum atomic E-state index is 8.62. The zero-order chi connectivity index (χ0) is 13.0. The largest absolute Gasteiger partial charge is 0.384 e. The Labute approximate surface area is 106 Å². The van der Waals surface area contributed by atoms with Gasteiger partial charge in [0, 0.05) is 5.56 Å². The highest BCUT2D eigenvalue weighted by Gasteiger charge is 2.02. The minimum Gasteiger partial charge on any atom is -0.384 e. The Morgan fingerprint density at radius 3 is 2.50 bits per heavy atom. The van der Waals surface area contributed by atoms with Crippen molar-refractivity contribution in [3.8, 4) is 11.8 Å². The minimum absolute atomic E-state index is 0.112. The smallest absolute Gasteiger partial charge is 0.147 e. The number of rotatable bonds is 2. The van der Waals surface area contributed by atoms with Crippen LogP contribution in [0.3, 0.4) is 0 Å². The van der Waals surface area contributed by atoms with Crippen molar-refractivity contribution in [2.75, 3.05) is 6.61 Å². The van der Waals surface area contributed by atoms with Crippen LogP contribution in [-0.4, -0.2) is 26.5 Å². The average Bonchev–Trinajstić information content (AvgIpc) is 2.67. The van der Waals surface area contributed by atoms with Crippen molar-refractivity contribution in [1.29, 1.82) is 0 Å². The lowest BCUT2D eigenvalue weighted by Crippen LogP contribution is -2.04. The molecule has 1 N–H and O–H groups in total. The lowest BCUT2D eigenvalue weighted by Gasteiger charge is -2.03. The fraction of sp³-hybridized carbons (Fsp3) is 0.286. The zero-order valence-electron chi connectivity index (χ0n) is 10.5. The molecule has 1 aromatic heterocycles. The van der Waals surface area contributed by atoms with Crippen molar-refractivity contribution < 1.29 is 5.11 Å². The van der Waals surface area contributed by atoms with E-state index in [9.17, 15) is 0 Å². The molecule has 0 aliphatic carbocycles. The molecule has 92 valence electrons. The number of aryl methyl sites for hydroxylation is 2. The first-order valence-electron chi connectivity index (χ1n) is 5.76. The van der Waals surface area contributed by atoms with E-state index in [4.69, 9.17) is 5.11 Å². The average molecular weight is 241 g/mol. The van der Waals surface area contributed by atoms with Crippen LogP contribution in [0.2, 0.25) is 0 Å². The highest BCUT2D eigenvalue weighted by molar-refractivity contribution is 5.36. The molecule has 2 rings (SSSR count). The first-order valence-corrected chi connectivity index (χ1v) is 5.76. The molecule has 0 aliphatic heterocycles. The van der Waals surface area contributed by atoms with Crippen LogP contribution in [0.15, 0.2) is 24.3 Å². The Kier molecular flexibility index (Phi) is 3.75. The van der Waals surface area contributed by atoms with Gasteiger partial charge in [-0.3, -0.25) is 0 Å². The molecule has 0 fully saturated rings. The molecule has 0 bridgehead atoms. The molecule has 1 aromatic carbocycles. The second-order valence-corrected chi connectivity index (χ2v) is 4.02. The molecule has 0 amide bonds. The highest BCUT2D eigenvalue weighted by Crippen LogP contribution is 2.06. The molecule has 4 nitrogen and oxygen atoms in total. The number of aliphatic hydroxyl groups is 1. The van der Waals surface area contributed by atoms with Gasteiger partial charge in [0.25, 0.3) is 0 Å². The molecule has 1 heterocycles. The van der Waals surface area contributed by atoms with Gasteiger partial charge in [0.05, 0.1) is 6.54 Å². The van der Waals surface area contributed by atoms with Gasteiger partial charge in [0.1, 0.15) is 18.3 Å². The lowest BCUT2D eigenvalue weighted by atomic mass is 10.1. The molecule has 0 unspecified atom stereocenters. The van der Waals surface area contributed by atoms with Crippen LogP contribution in [0.5, 0.6) is 0 Å². The Morgan fingerprint density at radius 2 is 1.94 bits per heavy atom. The van der Waals surface area contributed by atoms with Gasteiger partial charge in [0.2, 0.25) is 0 Å². The monoisotopic (exact) mass is 241 g/mol. The van der Waals surface area contributed by atoms with E-state index in [0.29, 0.717) is 6.54 Å². The predicted octanol–water partition coefficient (Wildman–Crippen LogP) is 1.29. The molecule has 0 saturated heterocycles.